The number of nitrogens with zero attached hydrogens (tertiary/aromatic N) is 1. The normalized spacial score (nSPS) is 11.9. The fraction of sp³-hybridized carbons (Fsp3) is 0.385. The SMILES string of the molecule is NCCC(=O)N(CC(O)OCc1ccccc1)C(=O)O. The molecule has 0 radical (unpaired) electrons. The van der Waals surface area contributed by atoms with Crippen LogP contribution in [0.5, 0.6) is 0 Å². The topological polar surface area (TPSA) is 113 Å². The average Bonchev–Trinajstić information content (AvgIpc) is 2.43. The molecule has 0 spiro atoms. The Morgan fingerprint density at radius 2 is 1.95 bits per heavy atom. The van der Waals surface area contributed by atoms with E-state index in [1.165, 1.54) is 0 Å². The molecule has 7 nitrogen and oxygen atoms in total. The molecular weight excluding hydrogens is 264 g/mol. The number of hydrogen-bond donors (Lipinski definition) is 3. The largest absolute Gasteiger partial charge is 0.465 e. The van der Waals surface area contributed by atoms with Gasteiger partial charge in [-0.2, -0.15) is 0 Å². The molecule has 0 aliphatic heterocycles. The van der Waals surface area contributed by atoms with Gasteiger partial charge in [-0.1, -0.05) is 30.3 Å². The summed E-state index contributed by atoms with van der Waals surface area (Å²) >= 11 is 0. The Morgan fingerprint density at radius 3 is 2.50 bits per heavy atom. The van der Waals surface area contributed by atoms with Gasteiger partial charge in [0.05, 0.1) is 13.2 Å². The van der Waals surface area contributed by atoms with E-state index < -0.39 is 24.8 Å². The first kappa shape index (κ1) is 16.1. The van der Waals surface area contributed by atoms with Gasteiger partial charge < -0.3 is 20.7 Å². The lowest BCUT2D eigenvalue weighted by molar-refractivity contribution is -0.143. The molecule has 4 N–H and O–H groups in total. The molecule has 1 aromatic rings. The van der Waals surface area contributed by atoms with Gasteiger partial charge in [-0.05, 0) is 5.56 Å². The number of carbonyl (C=O) groups is 2. The Kier molecular flexibility index (Phi) is 6.65. The summed E-state index contributed by atoms with van der Waals surface area (Å²) in [6, 6.07) is 9.10. The first-order valence-corrected chi connectivity index (χ1v) is 6.11. The minimum absolute atomic E-state index is 0.0452. The summed E-state index contributed by atoms with van der Waals surface area (Å²) in [6.07, 6.45) is -2.92. The Labute approximate surface area is 116 Å². The minimum atomic E-state index is -1.44. The van der Waals surface area contributed by atoms with Crippen molar-refractivity contribution in [2.45, 2.75) is 19.3 Å². The van der Waals surface area contributed by atoms with Crippen LogP contribution in [0.25, 0.3) is 0 Å². The fourth-order valence-corrected chi connectivity index (χ4v) is 1.52. The van der Waals surface area contributed by atoms with Crippen molar-refractivity contribution in [2.24, 2.45) is 5.73 Å². The Bertz CT molecular complexity index is 438. The number of imide groups is 1. The number of amides is 2. The number of aliphatic hydroxyl groups is 1. The maximum Gasteiger partial charge on any atom is 0.414 e. The maximum absolute atomic E-state index is 11.5. The Morgan fingerprint density at radius 1 is 1.30 bits per heavy atom. The zero-order valence-corrected chi connectivity index (χ0v) is 10.9. The molecule has 0 aliphatic rings. The highest BCUT2D eigenvalue weighted by atomic mass is 16.6. The van der Waals surface area contributed by atoms with Crippen molar-refractivity contribution in [1.29, 1.82) is 0 Å². The molecule has 0 aliphatic carbocycles. The van der Waals surface area contributed by atoms with Gasteiger partial charge in [0.1, 0.15) is 0 Å². The van der Waals surface area contributed by atoms with Crippen molar-refractivity contribution in [3.05, 3.63) is 35.9 Å². The van der Waals surface area contributed by atoms with Crippen LogP contribution in [0.1, 0.15) is 12.0 Å². The van der Waals surface area contributed by atoms with E-state index in [0.29, 0.717) is 4.90 Å². The molecule has 0 saturated carbocycles. The van der Waals surface area contributed by atoms with Gasteiger partial charge in [0.2, 0.25) is 5.91 Å². The molecule has 1 rings (SSSR count). The molecule has 20 heavy (non-hydrogen) atoms. The smallest absolute Gasteiger partial charge is 0.414 e. The number of carboxylic acid groups (broad SMARTS) is 1. The number of ether oxygens (including phenoxy) is 1. The van der Waals surface area contributed by atoms with Gasteiger partial charge in [0.25, 0.3) is 0 Å². The number of rotatable bonds is 7. The summed E-state index contributed by atoms with van der Waals surface area (Å²) in [5, 5.41) is 18.5. The molecule has 2 amide bonds. The zero-order chi connectivity index (χ0) is 15.0. The number of aliphatic hydroxyl groups excluding tert-OH is 1. The van der Waals surface area contributed by atoms with Crippen molar-refractivity contribution in [1.82, 2.24) is 4.90 Å². The number of benzene rings is 1. The minimum Gasteiger partial charge on any atom is -0.465 e. The summed E-state index contributed by atoms with van der Waals surface area (Å²) in [4.78, 5) is 22.9. The number of nitrogens with two attached hydrogens (primary N) is 1. The van der Waals surface area contributed by atoms with Crippen molar-refractivity contribution < 1.29 is 24.5 Å². The van der Waals surface area contributed by atoms with Crippen molar-refractivity contribution in [3.63, 3.8) is 0 Å². The molecule has 0 heterocycles. The van der Waals surface area contributed by atoms with Crippen LogP contribution < -0.4 is 5.73 Å². The Balaban J connectivity index is 2.48. The van der Waals surface area contributed by atoms with Gasteiger partial charge in [-0.25, -0.2) is 9.69 Å². The van der Waals surface area contributed by atoms with Crippen LogP contribution in [0.3, 0.4) is 0 Å². The standard InChI is InChI=1S/C13H18N2O5/c14-7-6-11(16)15(13(18)19)8-12(17)20-9-10-4-2-1-3-5-10/h1-5,12,17H,6-9,14H2,(H,18,19). The fourth-order valence-electron chi connectivity index (χ4n) is 1.52. The molecule has 1 aromatic carbocycles. The summed E-state index contributed by atoms with van der Waals surface area (Å²) in [5.41, 5.74) is 6.03. The van der Waals surface area contributed by atoms with Crippen LogP contribution in [-0.2, 0) is 16.1 Å². The molecule has 0 fully saturated rings. The second kappa shape index (κ2) is 8.26. The average molecular weight is 282 g/mol. The van der Waals surface area contributed by atoms with Crippen molar-refractivity contribution in [3.8, 4) is 0 Å². The third-order valence-corrected chi connectivity index (χ3v) is 2.51. The zero-order valence-electron chi connectivity index (χ0n) is 10.9. The second-order valence-corrected chi connectivity index (χ2v) is 4.08. The first-order chi connectivity index (χ1) is 9.54. The maximum atomic E-state index is 11.5. The highest BCUT2D eigenvalue weighted by molar-refractivity contribution is 5.91. The van der Waals surface area contributed by atoms with Crippen molar-refractivity contribution in [2.75, 3.05) is 13.1 Å². The quantitative estimate of drug-likeness (QED) is 0.623. The molecule has 7 heteroatoms. The van der Waals surface area contributed by atoms with E-state index in [1.807, 2.05) is 18.2 Å². The van der Waals surface area contributed by atoms with E-state index in [9.17, 15) is 14.7 Å². The van der Waals surface area contributed by atoms with Crippen molar-refractivity contribution >= 4 is 12.0 Å². The molecule has 110 valence electrons. The third-order valence-electron chi connectivity index (χ3n) is 2.51. The Hall–Kier alpha value is -1.96. The van der Waals surface area contributed by atoms with Gasteiger partial charge in [-0.3, -0.25) is 4.79 Å². The predicted octanol–water partition coefficient (Wildman–Crippen LogP) is 0.377. The van der Waals surface area contributed by atoms with E-state index >= 15 is 0 Å². The monoisotopic (exact) mass is 282 g/mol. The third kappa shape index (κ3) is 5.35. The molecule has 0 saturated heterocycles. The van der Waals surface area contributed by atoms with Gasteiger partial charge in [-0.15, -0.1) is 0 Å². The second-order valence-electron chi connectivity index (χ2n) is 4.08. The van der Waals surface area contributed by atoms with Crippen LogP contribution in [0.4, 0.5) is 4.79 Å². The first-order valence-electron chi connectivity index (χ1n) is 6.11. The van der Waals surface area contributed by atoms with Crippen LogP contribution in [0.15, 0.2) is 30.3 Å². The van der Waals surface area contributed by atoms with Gasteiger partial charge in [0, 0.05) is 13.0 Å². The van der Waals surface area contributed by atoms with Gasteiger partial charge in [0.15, 0.2) is 6.29 Å². The van der Waals surface area contributed by atoms with E-state index in [-0.39, 0.29) is 19.6 Å². The van der Waals surface area contributed by atoms with Gasteiger partial charge >= 0.3 is 6.09 Å². The van der Waals surface area contributed by atoms with Crippen LogP contribution in [0.2, 0.25) is 0 Å². The lowest BCUT2D eigenvalue weighted by atomic mass is 10.2. The highest BCUT2D eigenvalue weighted by Gasteiger charge is 2.23. The molecular formula is C13H18N2O5. The molecule has 0 aromatic heterocycles. The lowest BCUT2D eigenvalue weighted by Gasteiger charge is -2.20. The molecule has 1 unspecified atom stereocenters. The highest BCUT2D eigenvalue weighted by Crippen LogP contribution is 2.04. The van der Waals surface area contributed by atoms with Crippen LogP contribution >= 0.6 is 0 Å². The summed E-state index contributed by atoms with van der Waals surface area (Å²) in [7, 11) is 0. The predicted molar refractivity (Wildman–Crippen MR) is 70.6 cm³/mol. The van der Waals surface area contributed by atoms with E-state index in [1.54, 1.807) is 12.1 Å². The van der Waals surface area contributed by atoms with E-state index in [0.717, 1.165) is 5.56 Å². The summed E-state index contributed by atoms with van der Waals surface area (Å²) in [6.45, 7) is -0.273. The van der Waals surface area contributed by atoms with E-state index in [2.05, 4.69) is 0 Å². The number of hydrogen-bond acceptors (Lipinski definition) is 5. The lowest BCUT2D eigenvalue weighted by Crippen LogP contribution is -2.42. The number of carbonyl (C=O) groups excluding carboxylic acids is 1. The van der Waals surface area contributed by atoms with E-state index in [4.69, 9.17) is 15.6 Å². The molecule has 1 atom stereocenters. The van der Waals surface area contributed by atoms with Crippen LogP contribution in [-0.4, -0.2) is 46.5 Å². The summed E-state index contributed by atoms with van der Waals surface area (Å²) in [5.74, 6) is -0.664. The molecule has 0 bridgehead atoms. The summed E-state index contributed by atoms with van der Waals surface area (Å²) < 4.78 is 5.10. The van der Waals surface area contributed by atoms with Crippen LogP contribution in [0, 0.1) is 0 Å².